The van der Waals surface area contributed by atoms with Crippen molar-refractivity contribution in [2.75, 3.05) is 33.4 Å². The van der Waals surface area contributed by atoms with Crippen molar-refractivity contribution in [2.45, 2.75) is 50.9 Å². The Labute approximate surface area is 177 Å². The van der Waals surface area contributed by atoms with Gasteiger partial charge < -0.3 is 18.9 Å². The van der Waals surface area contributed by atoms with E-state index in [2.05, 4.69) is 10.1 Å². The third-order valence-corrected chi connectivity index (χ3v) is 6.19. The summed E-state index contributed by atoms with van der Waals surface area (Å²) in [5.41, 5.74) is 1.16. The van der Waals surface area contributed by atoms with Crippen LogP contribution in [-0.4, -0.2) is 54.4 Å². The van der Waals surface area contributed by atoms with Crippen molar-refractivity contribution in [1.29, 1.82) is 0 Å². The van der Waals surface area contributed by atoms with Crippen LogP contribution in [0.15, 0.2) is 28.8 Å². The van der Waals surface area contributed by atoms with Gasteiger partial charge in [0.25, 0.3) is 0 Å². The average Bonchev–Trinajstić information content (AvgIpc) is 3.27. The van der Waals surface area contributed by atoms with Crippen LogP contribution in [0.1, 0.15) is 55.3 Å². The molecule has 1 aromatic carbocycles. The minimum Gasteiger partial charge on any atom is -0.497 e. The number of carbonyl (C=O) groups excluding carboxylic acids is 1. The quantitative estimate of drug-likeness (QED) is 0.692. The zero-order chi connectivity index (χ0) is 20.8. The molecule has 7 heteroatoms. The summed E-state index contributed by atoms with van der Waals surface area (Å²) in [6.45, 7) is 3.15. The maximum absolute atomic E-state index is 12.7. The first kappa shape index (κ1) is 20.8. The molecule has 0 N–H and O–H groups in total. The lowest BCUT2D eigenvalue weighted by atomic mass is 9.94. The van der Waals surface area contributed by atoms with Gasteiger partial charge in [0, 0.05) is 45.1 Å². The molecule has 4 rings (SSSR count). The Bertz CT molecular complexity index is 814. The van der Waals surface area contributed by atoms with E-state index in [1.807, 2.05) is 29.2 Å². The Morgan fingerprint density at radius 2 is 2.00 bits per heavy atom. The largest absolute Gasteiger partial charge is 0.497 e. The first-order valence-electron chi connectivity index (χ1n) is 11.0. The number of aromatic nitrogens is 2. The molecule has 1 amide bonds. The second-order valence-corrected chi connectivity index (χ2v) is 8.33. The molecule has 2 aliphatic rings. The molecule has 2 aromatic rings. The molecule has 1 unspecified atom stereocenters. The molecule has 1 aromatic heterocycles. The van der Waals surface area contributed by atoms with Gasteiger partial charge in [0.05, 0.1) is 7.11 Å². The van der Waals surface area contributed by atoms with E-state index < -0.39 is 0 Å². The lowest BCUT2D eigenvalue weighted by molar-refractivity contribution is -0.133. The molecule has 7 nitrogen and oxygen atoms in total. The highest BCUT2D eigenvalue weighted by atomic mass is 16.5. The highest BCUT2D eigenvalue weighted by Crippen LogP contribution is 2.26. The van der Waals surface area contributed by atoms with Gasteiger partial charge in [0.2, 0.25) is 11.8 Å². The molecule has 30 heavy (non-hydrogen) atoms. The van der Waals surface area contributed by atoms with Crippen molar-refractivity contribution < 1.29 is 18.8 Å². The fourth-order valence-electron chi connectivity index (χ4n) is 4.38. The molecular formula is C23H31N3O4. The predicted octanol–water partition coefficient (Wildman–Crippen LogP) is 3.39. The fraction of sp³-hybridized carbons (Fsp3) is 0.609. The van der Waals surface area contributed by atoms with E-state index >= 15 is 0 Å². The van der Waals surface area contributed by atoms with Crippen molar-refractivity contribution in [1.82, 2.24) is 15.0 Å². The summed E-state index contributed by atoms with van der Waals surface area (Å²) in [5, 5.41) is 4.20. The number of amides is 1. The Morgan fingerprint density at radius 1 is 1.20 bits per heavy atom. The molecule has 0 bridgehead atoms. The van der Waals surface area contributed by atoms with E-state index in [-0.39, 0.29) is 5.91 Å². The van der Waals surface area contributed by atoms with Gasteiger partial charge in [0.1, 0.15) is 5.75 Å². The molecule has 0 aliphatic carbocycles. The normalized spacial score (nSPS) is 20.3. The molecule has 1 atom stereocenters. The number of aryl methyl sites for hydroxylation is 1. The summed E-state index contributed by atoms with van der Waals surface area (Å²) >= 11 is 0. The third kappa shape index (κ3) is 5.39. The summed E-state index contributed by atoms with van der Waals surface area (Å²) in [6, 6.07) is 7.93. The van der Waals surface area contributed by atoms with Crippen LogP contribution in [-0.2, 0) is 22.4 Å². The maximum atomic E-state index is 12.7. The zero-order valence-corrected chi connectivity index (χ0v) is 17.7. The Hall–Kier alpha value is -2.41. The van der Waals surface area contributed by atoms with Gasteiger partial charge >= 0.3 is 0 Å². The van der Waals surface area contributed by atoms with Crippen LogP contribution in [0.2, 0.25) is 0 Å². The van der Waals surface area contributed by atoms with Crippen molar-refractivity contribution in [3.8, 4) is 5.75 Å². The van der Waals surface area contributed by atoms with Gasteiger partial charge in [-0.2, -0.15) is 4.98 Å². The van der Waals surface area contributed by atoms with Gasteiger partial charge in [-0.15, -0.1) is 0 Å². The highest BCUT2D eigenvalue weighted by Gasteiger charge is 2.26. The number of ether oxygens (including phenoxy) is 2. The third-order valence-electron chi connectivity index (χ3n) is 6.19. The van der Waals surface area contributed by atoms with Crippen LogP contribution in [0, 0.1) is 5.92 Å². The number of likely N-dealkylation sites (tertiary alicyclic amines) is 1. The van der Waals surface area contributed by atoms with Crippen LogP contribution < -0.4 is 4.74 Å². The SMILES string of the molecule is COc1ccc(CCC(=O)N2CCCC(Cc3nc(C4CCOCC4)no3)C2)cc1. The van der Waals surface area contributed by atoms with Crippen molar-refractivity contribution in [3.05, 3.63) is 41.5 Å². The smallest absolute Gasteiger partial charge is 0.226 e. The lowest BCUT2D eigenvalue weighted by Gasteiger charge is -2.32. The predicted molar refractivity (Wildman–Crippen MR) is 111 cm³/mol. The van der Waals surface area contributed by atoms with Crippen LogP contribution >= 0.6 is 0 Å². The molecular weight excluding hydrogens is 382 g/mol. The first-order chi connectivity index (χ1) is 14.7. The minimum absolute atomic E-state index is 0.226. The van der Waals surface area contributed by atoms with E-state index in [4.69, 9.17) is 14.0 Å². The summed E-state index contributed by atoms with van der Waals surface area (Å²) in [7, 11) is 1.66. The molecule has 0 radical (unpaired) electrons. The first-order valence-corrected chi connectivity index (χ1v) is 11.0. The second-order valence-electron chi connectivity index (χ2n) is 8.33. The van der Waals surface area contributed by atoms with Crippen LogP contribution in [0.5, 0.6) is 5.75 Å². The number of benzene rings is 1. The van der Waals surface area contributed by atoms with Gasteiger partial charge in [-0.25, -0.2) is 0 Å². The highest BCUT2D eigenvalue weighted by molar-refractivity contribution is 5.76. The molecule has 2 fully saturated rings. The molecule has 2 aliphatic heterocycles. The minimum atomic E-state index is 0.226. The molecule has 0 saturated carbocycles. The van der Waals surface area contributed by atoms with Gasteiger partial charge in [-0.3, -0.25) is 4.79 Å². The number of nitrogens with zero attached hydrogens (tertiary/aromatic N) is 3. The summed E-state index contributed by atoms with van der Waals surface area (Å²) < 4.78 is 16.1. The number of hydrogen-bond donors (Lipinski definition) is 0. The monoisotopic (exact) mass is 413 g/mol. The topological polar surface area (TPSA) is 77.7 Å². The molecule has 162 valence electrons. The fourth-order valence-corrected chi connectivity index (χ4v) is 4.38. The number of rotatable bonds is 7. The number of hydrogen-bond acceptors (Lipinski definition) is 6. The standard InChI is InChI=1S/C23H31N3O4/c1-28-20-7-4-17(5-8-20)6-9-22(27)26-12-2-3-18(16-26)15-21-24-23(25-30-21)19-10-13-29-14-11-19/h4-5,7-8,18-19H,2-3,6,9-16H2,1H3. The van der Waals surface area contributed by atoms with E-state index in [0.29, 0.717) is 24.1 Å². The Kier molecular flexibility index (Phi) is 7.00. The van der Waals surface area contributed by atoms with E-state index in [9.17, 15) is 4.79 Å². The number of piperidine rings is 1. The Balaban J connectivity index is 1.26. The van der Waals surface area contributed by atoms with Crippen LogP contribution in [0.3, 0.4) is 0 Å². The molecule has 2 saturated heterocycles. The summed E-state index contributed by atoms with van der Waals surface area (Å²) in [4.78, 5) is 19.4. The summed E-state index contributed by atoms with van der Waals surface area (Å²) in [6.07, 6.45) is 6.07. The molecule has 3 heterocycles. The van der Waals surface area contributed by atoms with Gasteiger partial charge in [-0.1, -0.05) is 17.3 Å². The summed E-state index contributed by atoms with van der Waals surface area (Å²) in [5.74, 6) is 3.31. The number of carbonyl (C=O) groups is 1. The van der Waals surface area contributed by atoms with Crippen molar-refractivity contribution in [3.63, 3.8) is 0 Å². The average molecular weight is 414 g/mol. The second kappa shape index (κ2) is 10.1. The van der Waals surface area contributed by atoms with Crippen molar-refractivity contribution >= 4 is 5.91 Å². The maximum Gasteiger partial charge on any atom is 0.226 e. The van der Waals surface area contributed by atoms with Crippen LogP contribution in [0.4, 0.5) is 0 Å². The van der Waals surface area contributed by atoms with Crippen molar-refractivity contribution in [2.24, 2.45) is 5.92 Å². The number of methoxy groups -OCH3 is 1. The van der Waals surface area contributed by atoms with Gasteiger partial charge in [-0.05, 0) is 55.7 Å². The zero-order valence-electron chi connectivity index (χ0n) is 17.7. The lowest BCUT2D eigenvalue weighted by Crippen LogP contribution is -2.40. The van der Waals surface area contributed by atoms with Gasteiger partial charge in [0.15, 0.2) is 5.82 Å². The van der Waals surface area contributed by atoms with E-state index in [1.165, 1.54) is 0 Å². The van der Waals surface area contributed by atoms with Crippen LogP contribution in [0.25, 0.3) is 0 Å². The Morgan fingerprint density at radius 3 is 2.77 bits per heavy atom. The van der Waals surface area contributed by atoms with E-state index in [1.54, 1.807) is 7.11 Å². The van der Waals surface area contributed by atoms with E-state index in [0.717, 1.165) is 82.0 Å². The molecule has 0 spiro atoms.